The average molecular weight is 435 g/mol. The van der Waals surface area contributed by atoms with Crippen LogP contribution in [0.1, 0.15) is 0 Å². The van der Waals surface area contributed by atoms with E-state index in [1.54, 1.807) is 61.8 Å². The predicted octanol–water partition coefficient (Wildman–Crippen LogP) is 4.33. The molecule has 7 nitrogen and oxygen atoms in total. The van der Waals surface area contributed by atoms with E-state index in [4.69, 9.17) is 4.74 Å². The summed E-state index contributed by atoms with van der Waals surface area (Å²) in [6, 6.07) is 12.3. The lowest BCUT2D eigenvalue weighted by Crippen LogP contribution is -2.31. The number of carbonyl (C=O) groups is 1. The molecule has 3 rings (SSSR count). The standard InChI is InChI=1S/C19H19FN4O3S2/c1-23(2)29(26)16-9-5-7-14(11-16)24(3)19(25)22-18-21-12-17(28-18)27-15-8-4-6-13(20)10-15/h4-12H,1-3H3,(H,21,22,25). The maximum Gasteiger partial charge on any atom is 0.327 e. The number of carbonyl (C=O) groups excluding carboxylic acids is 1. The lowest BCUT2D eigenvalue weighted by Gasteiger charge is -2.18. The van der Waals surface area contributed by atoms with Gasteiger partial charge in [-0.05, 0) is 44.4 Å². The Kier molecular flexibility index (Phi) is 6.57. The Bertz CT molecular complexity index is 1040. The third kappa shape index (κ3) is 5.37. The summed E-state index contributed by atoms with van der Waals surface area (Å²) in [5.41, 5.74) is 0.586. The molecule has 2 amide bonds. The van der Waals surface area contributed by atoms with Gasteiger partial charge in [-0.3, -0.25) is 10.2 Å². The second-order valence-corrected chi connectivity index (χ2v) is 8.79. The molecule has 1 aromatic heterocycles. The van der Waals surface area contributed by atoms with Gasteiger partial charge in [-0.1, -0.05) is 23.5 Å². The molecule has 1 unspecified atom stereocenters. The highest BCUT2D eigenvalue weighted by molar-refractivity contribution is 7.82. The molecule has 0 spiro atoms. The highest BCUT2D eigenvalue weighted by Crippen LogP contribution is 2.31. The Morgan fingerprint density at radius 2 is 1.93 bits per heavy atom. The zero-order valence-corrected chi connectivity index (χ0v) is 17.6. The Labute approximate surface area is 174 Å². The minimum Gasteiger partial charge on any atom is -0.445 e. The second kappa shape index (κ2) is 9.12. The number of halogens is 1. The third-order valence-electron chi connectivity index (χ3n) is 3.76. The van der Waals surface area contributed by atoms with E-state index in [2.05, 4.69) is 10.3 Å². The molecule has 0 aliphatic rings. The first kappa shape index (κ1) is 20.9. The zero-order chi connectivity index (χ0) is 21.0. The molecule has 0 fully saturated rings. The van der Waals surface area contributed by atoms with E-state index in [0.717, 1.165) is 11.3 Å². The molecule has 152 valence electrons. The fourth-order valence-electron chi connectivity index (χ4n) is 2.32. The van der Waals surface area contributed by atoms with Crippen molar-refractivity contribution in [2.24, 2.45) is 0 Å². The van der Waals surface area contributed by atoms with Crippen molar-refractivity contribution in [3.8, 4) is 10.8 Å². The summed E-state index contributed by atoms with van der Waals surface area (Å²) in [7, 11) is 3.72. The van der Waals surface area contributed by atoms with Gasteiger partial charge in [0, 0.05) is 18.8 Å². The van der Waals surface area contributed by atoms with E-state index in [-0.39, 0.29) is 0 Å². The molecular formula is C19H19FN4O3S2. The number of nitrogens with zero attached hydrogens (tertiary/aromatic N) is 3. The van der Waals surface area contributed by atoms with E-state index >= 15 is 0 Å². The van der Waals surface area contributed by atoms with Crippen molar-refractivity contribution in [3.63, 3.8) is 0 Å². The number of benzene rings is 2. The molecule has 0 aliphatic heterocycles. The normalized spacial score (nSPS) is 11.9. The molecule has 2 aromatic carbocycles. The van der Waals surface area contributed by atoms with Crippen molar-refractivity contribution in [1.82, 2.24) is 9.29 Å². The van der Waals surface area contributed by atoms with Gasteiger partial charge in [0.15, 0.2) is 5.13 Å². The summed E-state index contributed by atoms with van der Waals surface area (Å²) >= 11 is 1.12. The van der Waals surface area contributed by atoms with E-state index in [1.807, 2.05) is 0 Å². The number of rotatable bonds is 6. The molecule has 10 heteroatoms. The fourth-order valence-corrected chi connectivity index (χ4v) is 3.83. The molecule has 3 aromatic rings. The SMILES string of the molecule is CN(C(=O)Nc1ncc(Oc2cccc(F)c2)s1)c1cccc(S(=O)N(C)C)c1. The Balaban J connectivity index is 1.67. The number of hydrogen-bond donors (Lipinski definition) is 1. The van der Waals surface area contributed by atoms with E-state index < -0.39 is 22.8 Å². The van der Waals surface area contributed by atoms with Crippen molar-refractivity contribution >= 4 is 39.2 Å². The summed E-state index contributed by atoms with van der Waals surface area (Å²) in [5, 5.41) is 3.43. The van der Waals surface area contributed by atoms with Gasteiger partial charge in [0.25, 0.3) is 0 Å². The van der Waals surface area contributed by atoms with Gasteiger partial charge >= 0.3 is 6.03 Å². The summed E-state index contributed by atoms with van der Waals surface area (Å²) in [6.45, 7) is 0. The molecule has 29 heavy (non-hydrogen) atoms. The summed E-state index contributed by atoms with van der Waals surface area (Å²) < 4.78 is 32.6. The van der Waals surface area contributed by atoms with Gasteiger partial charge in [0.2, 0.25) is 5.06 Å². The largest absolute Gasteiger partial charge is 0.445 e. The first-order valence-electron chi connectivity index (χ1n) is 8.47. The van der Waals surface area contributed by atoms with Gasteiger partial charge in [0.1, 0.15) is 22.6 Å². The minimum absolute atomic E-state index is 0.335. The van der Waals surface area contributed by atoms with Gasteiger partial charge in [-0.25, -0.2) is 22.7 Å². The van der Waals surface area contributed by atoms with Crippen molar-refractivity contribution < 1.29 is 18.1 Å². The number of urea groups is 1. The Morgan fingerprint density at radius 3 is 2.66 bits per heavy atom. The topological polar surface area (TPSA) is 74.8 Å². The molecule has 1 atom stereocenters. The summed E-state index contributed by atoms with van der Waals surface area (Å²) in [6.07, 6.45) is 1.45. The highest BCUT2D eigenvalue weighted by Gasteiger charge is 2.16. The molecule has 0 bridgehead atoms. The first-order valence-corrected chi connectivity index (χ1v) is 10.4. The number of thiazole rings is 1. The maximum atomic E-state index is 13.2. The van der Waals surface area contributed by atoms with Crippen LogP contribution in [0.3, 0.4) is 0 Å². The number of nitrogens with one attached hydrogen (secondary N) is 1. The van der Waals surface area contributed by atoms with Crippen LogP contribution < -0.4 is 15.0 Å². The van der Waals surface area contributed by atoms with Crippen LogP contribution in [0.25, 0.3) is 0 Å². The third-order valence-corrected chi connectivity index (χ3v) is 5.87. The van der Waals surface area contributed by atoms with E-state index in [0.29, 0.717) is 26.5 Å². The molecule has 1 N–H and O–H groups in total. The van der Waals surface area contributed by atoms with Crippen LogP contribution in [-0.2, 0) is 11.0 Å². The predicted molar refractivity (Wildman–Crippen MR) is 113 cm³/mol. The maximum absolute atomic E-state index is 13.2. The zero-order valence-electron chi connectivity index (χ0n) is 16.0. The number of aromatic nitrogens is 1. The van der Waals surface area contributed by atoms with E-state index in [9.17, 15) is 13.4 Å². The van der Waals surface area contributed by atoms with Crippen LogP contribution in [0.2, 0.25) is 0 Å². The van der Waals surface area contributed by atoms with Crippen molar-refractivity contribution in [2.75, 3.05) is 31.4 Å². The monoisotopic (exact) mass is 434 g/mol. The summed E-state index contributed by atoms with van der Waals surface area (Å²) in [5.74, 6) is -0.0612. The van der Waals surface area contributed by atoms with Crippen LogP contribution in [0.4, 0.5) is 20.0 Å². The van der Waals surface area contributed by atoms with Gasteiger partial charge < -0.3 is 4.74 Å². The number of ether oxygens (including phenoxy) is 1. The number of amides is 2. The minimum atomic E-state index is -1.31. The smallest absolute Gasteiger partial charge is 0.327 e. The van der Waals surface area contributed by atoms with Crippen LogP contribution >= 0.6 is 11.3 Å². The lowest BCUT2D eigenvalue weighted by molar-refractivity contribution is 0.258. The quantitative estimate of drug-likeness (QED) is 0.627. The van der Waals surface area contributed by atoms with Crippen molar-refractivity contribution in [1.29, 1.82) is 0 Å². The molecule has 0 saturated carbocycles. The van der Waals surface area contributed by atoms with Gasteiger partial charge in [0.05, 0.1) is 11.1 Å². The Hall–Kier alpha value is -2.82. The van der Waals surface area contributed by atoms with Gasteiger partial charge in [-0.15, -0.1) is 0 Å². The number of anilines is 2. The lowest BCUT2D eigenvalue weighted by atomic mass is 10.3. The van der Waals surface area contributed by atoms with Crippen LogP contribution in [-0.4, -0.2) is 40.7 Å². The van der Waals surface area contributed by atoms with Crippen LogP contribution in [0.5, 0.6) is 10.8 Å². The fraction of sp³-hybridized carbons (Fsp3) is 0.158. The number of hydrogen-bond acceptors (Lipinski definition) is 5. The van der Waals surface area contributed by atoms with Crippen LogP contribution in [0.15, 0.2) is 59.6 Å². The Morgan fingerprint density at radius 1 is 1.17 bits per heavy atom. The van der Waals surface area contributed by atoms with Crippen LogP contribution in [0, 0.1) is 5.82 Å². The van der Waals surface area contributed by atoms with E-state index in [1.165, 1.54) is 23.2 Å². The summed E-state index contributed by atoms with van der Waals surface area (Å²) in [4.78, 5) is 18.6. The molecule has 0 radical (unpaired) electrons. The first-order chi connectivity index (χ1) is 13.8. The molecule has 0 aliphatic carbocycles. The molecule has 0 saturated heterocycles. The highest BCUT2D eigenvalue weighted by atomic mass is 32.2. The van der Waals surface area contributed by atoms with Crippen molar-refractivity contribution in [2.45, 2.75) is 4.90 Å². The van der Waals surface area contributed by atoms with Crippen molar-refractivity contribution in [3.05, 3.63) is 60.5 Å². The van der Waals surface area contributed by atoms with Gasteiger partial charge in [-0.2, -0.15) is 0 Å². The average Bonchev–Trinajstić information content (AvgIpc) is 3.13. The second-order valence-electron chi connectivity index (χ2n) is 6.09. The molecule has 1 heterocycles. The molecular weight excluding hydrogens is 415 g/mol.